The minimum atomic E-state index is -0.582. The Bertz CT molecular complexity index is 282. The molecule has 15 heavy (non-hydrogen) atoms. The summed E-state index contributed by atoms with van der Waals surface area (Å²) >= 11 is 0. The molecule has 0 spiro atoms. The van der Waals surface area contributed by atoms with Gasteiger partial charge in [-0.15, -0.1) is 0 Å². The van der Waals surface area contributed by atoms with Crippen molar-refractivity contribution in [3.05, 3.63) is 0 Å². The molecule has 2 aliphatic rings. The van der Waals surface area contributed by atoms with Crippen molar-refractivity contribution in [3.63, 3.8) is 0 Å². The molecule has 3 unspecified atom stereocenters. The van der Waals surface area contributed by atoms with Crippen molar-refractivity contribution in [2.75, 3.05) is 13.2 Å². The highest BCUT2D eigenvalue weighted by molar-refractivity contribution is 5.85. The third-order valence-electron chi connectivity index (χ3n) is 3.66. The summed E-state index contributed by atoms with van der Waals surface area (Å²) in [5.41, 5.74) is 4.92. The molecule has 3 N–H and O–H groups in total. The normalized spacial score (nSPS) is 38.9. The maximum absolute atomic E-state index is 11.6. The van der Waals surface area contributed by atoms with Crippen LogP contribution in [0, 0.1) is 0 Å². The summed E-state index contributed by atoms with van der Waals surface area (Å²) in [6.45, 7) is 1.59. The summed E-state index contributed by atoms with van der Waals surface area (Å²) in [6, 6.07) is 0.494. The fourth-order valence-corrected chi connectivity index (χ4v) is 2.71. The minimum absolute atomic E-state index is 0.286. The molecule has 0 aromatic carbocycles. The van der Waals surface area contributed by atoms with E-state index in [0.29, 0.717) is 25.6 Å². The topological polar surface area (TPSA) is 75.4 Å². The molecule has 84 valence electrons. The van der Waals surface area contributed by atoms with Gasteiger partial charge in [-0.3, -0.25) is 9.69 Å². The zero-order valence-electron chi connectivity index (χ0n) is 8.74. The lowest BCUT2D eigenvalue weighted by atomic mass is 9.82. The monoisotopic (exact) mass is 211 g/mol. The highest BCUT2D eigenvalue weighted by Crippen LogP contribution is 2.34. The summed E-state index contributed by atoms with van der Waals surface area (Å²) in [5, 5.41) is 3.33. The third kappa shape index (κ3) is 1.66. The van der Waals surface area contributed by atoms with E-state index in [0.717, 1.165) is 25.7 Å². The molecular formula is C10H17N3O2. The number of piperidine rings is 1. The van der Waals surface area contributed by atoms with E-state index in [2.05, 4.69) is 10.2 Å². The summed E-state index contributed by atoms with van der Waals surface area (Å²) in [5.74, 6) is -0.286. The molecule has 1 amide bonds. The molecule has 2 aliphatic heterocycles. The van der Waals surface area contributed by atoms with Gasteiger partial charge in [-0.25, -0.2) is 0 Å². The Kier molecular flexibility index (Phi) is 2.75. The molecule has 0 saturated carbocycles. The van der Waals surface area contributed by atoms with E-state index >= 15 is 0 Å². The van der Waals surface area contributed by atoms with Gasteiger partial charge in [0.25, 0.3) is 0 Å². The number of amides is 1. The van der Waals surface area contributed by atoms with Gasteiger partial charge in [0.05, 0.1) is 0 Å². The molecule has 2 saturated heterocycles. The van der Waals surface area contributed by atoms with Gasteiger partial charge in [-0.1, -0.05) is 0 Å². The quantitative estimate of drug-likeness (QED) is 0.598. The van der Waals surface area contributed by atoms with Crippen molar-refractivity contribution in [2.24, 2.45) is 5.73 Å². The number of primary amides is 1. The van der Waals surface area contributed by atoms with Crippen molar-refractivity contribution in [3.8, 4) is 0 Å². The van der Waals surface area contributed by atoms with Crippen molar-refractivity contribution in [1.29, 1.82) is 0 Å². The smallest absolute Gasteiger partial charge is 0.238 e. The zero-order valence-corrected chi connectivity index (χ0v) is 8.74. The van der Waals surface area contributed by atoms with Crippen LogP contribution in [0.4, 0.5) is 0 Å². The lowest BCUT2D eigenvalue weighted by molar-refractivity contribution is -0.132. The number of aldehydes is 1. The first-order chi connectivity index (χ1) is 7.19. The van der Waals surface area contributed by atoms with E-state index in [1.165, 1.54) is 0 Å². The number of fused-ring (bicyclic) bond motifs is 2. The Morgan fingerprint density at radius 3 is 3.13 bits per heavy atom. The standard InChI is InChI=1S/C10H17N3O2/c11-9(15)10(3-1-5-14)4-2-8-6-13(10)7-12-8/h5,8,12H,1-4,6-7H2,(H2,11,15). The molecular weight excluding hydrogens is 194 g/mol. The van der Waals surface area contributed by atoms with Gasteiger partial charge in [-0.05, 0) is 19.3 Å². The van der Waals surface area contributed by atoms with Crippen LogP contribution in [0.3, 0.4) is 0 Å². The van der Waals surface area contributed by atoms with Crippen molar-refractivity contribution in [1.82, 2.24) is 10.2 Å². The molecule has 2 rings (SSSR count). The molecule has 0 aromatic rings. The van der Waals surface area contributed by atoms with E-state index in [1.807, 2.05) is 0 Å². The number of nitrogens with two attached hydrogens (primary N) is 1. The average Bonchev–Trinajstić information content (AvgIpc) is 2.62. The van der Waals surface area contributed by atoms with Gasteiger partial charge in [-0.2, -0.15) is 0 Å². The Morgan fingerprint density at radius 1 is 1.67 bits per heavy atom. The van der Waals surface area contributed by atoms with Crippen LogP contribution in [0.25, 0.3) is 0 Å². The first-order valence-electron chi connectivity index (χ1n) is 5.41. The molecule has 2 heterocycles. The predicted octanol–water partition coefficient (Wildman–Crippen LogP) is -0.785. The molecule has 0 aliphatic carbocycles. The zero-order chi connectivity index (χ0) is 10.9. The van der Waals surface area contributed by atoms with E-state index in [9.17, 15) is 9.59 Å². The molecule has 3 atom stereocenters. The second kappa shape index (κ2) is 3.90. The van der Waals surface area contributed by atoms with Crippen LogP contribution in [0.5, 0.6) is 0 Å². The second-order valence-corrected chi connectivity index (χ2v) is 4.42. The number of nitrogens with one attached hydrogen (secondary N) is 1. The third-order valence-corrected chi connectivity index (χ3v) is 3.66. The Morgan fingerprint density at radius 2 is 2.47 bits per heavy atom. The fraction of sp³-hybridized carbons (Fsp3) is 0.800. The van der Waals surface area contributed by atoms with Crippen molar-refractivity contribution < 1.29 is 9.59 Å². The SMILES string of the molecule is NC(=O)C1(CCC=O)CCC2CN1CN2. The molecule has 2 fully saturated rings. The van der Waals surface area contributed by atoms with Gasteiger partial charge in [0.2, 0.25) is 5.91 Å². The Balaban J connectivity index is 2.17. The number of carbonyl (C=O) groups excluding carboxylic acids is 2. The van der Waals surface area contributed by atoms with Crippen LogP contribution in [0.15, 0.2) is 0 Å². The summed E-state index contributed by atoms with van der Waals surface area (Å²) < 4.78 is 0. The average molecular weight is 211 g/mol. The number of rotatable bonds is 4. The van der Waals surface area contributed by atoms with Crippen LogP contribution < -0.4 is 11.1 Å². The summed E-state index contributed by atoms with van der Waals surface area (Å²) in [4.78, 5) is 24.1. The first kappa shape index (κ1) is 10.6. The van der Waals surface area contributed by atoms with E-state index in [1.54, 1.807) is 0 Å². The summed E-state index contributed by atoms with van der Waals surface area (Å²) in [7, 11) is 0. The second-order valence-electron chi connectivity index (χ2n) is 4.42. The number of hydrogen-bond donors (Lipinski definition) is 2. The molecule has 0 aromatic heterocycles. The first-order valence-corrected chi connectivity index (χ1v) is 5.41. The highest BCUT2D eigenvalue weighted by atomic mass is 16.1. The van der Waals surface area contributed by atoms with Crippen molar-refractivity contribution in [2.45, 2.75) is 37.3 Å². The van der Waals surface area contributed by atoms with E-state index < -0.39 is 5.54 Å². The lowest BCUT2D eigenvalue weighted by Crippen LogP contribution is -2.59. The van der Waals surface area contributed by atoms with Crippen LogP contribution >= 0.6 is 0 Å². The van der Waals surface area contributed by atoms with Gasteiger partial charge >= 0.3 is 0 Å². The number of hydrogen-bond acceptors (Lipinski definition) is 4. The van der Waals surface area contributed by atoms with Gasteiger partial charge < -0.3 is 15.8 Å². The number of nitrogens with zero attached hydrogens (tertiary/aromatic N) is 1. The Hall–Kier alpha value is -0.940. The fourth-order valence-electron chi connectivity index (χ4n) is 2.71. The van der Waals surface area contributed by atoms with Gasteiger partial charge in [0, 0.05) is 25.7 Å². The maximum Gasteiger partial charge on any atom is 0.238 e. The number of carbonyl (C=O) groups is 2. The lowest BCUT2D eigenvalue weighted by Gasteiger charge is -2.41. The molecule has 0 radical (unpaired) electrons. The molecule has 5 heteroatoms. The predicted molar refractivity (Wildman–Crippen MR) is 55.0 cm³/mol. The van der Waals surface area contributed by atoms with E-state index in [-0.39, 0.29) is 5.91 Å². The molecule has 5 nitrogen and oxygen atoms in total. The Labute approximate surface area is 89.0 Å². The van der Waals surface area contributed by atoms with Crippen LogP contribution in [0.2, 0.25) is 0 Å². The van der Waals surface area contributed by atoms with Gasteiger partial charge in [0.1, 0.15) is 11.8 Å². The molecule has 2 bridgehead atoms. The maximum atomic E-state index is 11.6. The van der Waals surface area contributed by atoms with E-state index in [4.69, 9.17) is 5.73 Å². The van der Waals surface area contributed by atoms with Crippen molar-refractivity contribution >= 4 is 12.2 Å². The van der Waals surface area contributed by atoms with Gasteiger partial charge in [0.15, 0.2) is 0 Å². The minimum Gasteiger partial charge on any atom is -0.368 e. The summed E-state index contributed by atoms with van der Waals surface area (Å²) in [6.07, 6.45) is 3.57. The van der Waals surface area contributed by atoms with Crippen LogP contribution in [-0.4, -0.2) is 41.9 Å². The van der Waals surface area contributed by atoms with Crippen LogP contribution in [0.1, 0.15) is 25.7 Å². The van der Waals surface area contributed by atoms with Crippen LogP contribution in [-0.2, 0) is 9.59 Å². The largest absolute Gasteiger partial charge is 0.368 e. The highest BCUT2D eigenvalue weighted by Gasteiger charge is 2.48.